The van der Waals surface area contributed by atoms with Crippen LogP contribution in [-0.2, 0) is 9.47 Å². The lowest BCUT2D eigenvalue weighted by molar-refractivity contribution is 0.0229. The van der Waals surface area contributed by atoms with E-state index in [4.69, 9.17) is 9.47 Å². The van der Waals surface area contributed by atoms with E-state index in [0.29, 0.717) is 18.1 Å². The third-order valence-corrected chi connectivity index (χ3v) is 4.29. The predicted octanol–water partition coefficient (Wildman–Crippen LogP) is 3.40. The third-order valence-electron chi connectivity index (χ3n) is 4.29. The molecule has 16 heavy (non-hydrogen) atoms. The molecule has 2 heteroatoms. The Hall–Kier alpha value is -0.0800. The summed E-state index contributed by atoms with van der Waals surface area (Å²) >= 11 is 0. The normalized spacial score (nSPS) is 34.1. The van der Waals surface area contributed by atoms with E-state index >= 15 is 0 Å². The van der Waals surface area contributed by atoms with Crippen LogP contribution in [-0.4, -0.2) is 25.4 Å². The molecule has 94 valence electrons. The Labute approximate surface area is 99.7 Å². The molecule has 0 saturated carbocycles. The van der Waals surface area contributed by atoms with Crippen molar-refractivity contribution in [2.45, 2.75) is 64.6 Å². The van der Waals surface area contributed by atoms with Crippen molar-refractivity contribution in [3.8, 4) is 0 Å². The van der Waals surface area contributed by atoms with E-state index in [9.17, 15) is 0 Å². The molecule has 2 nitrogen and oxygen atoms in total. The van der Waals surface area contributed by atoms with E-state index in [-0.39, 0.29) is 0 Å². The van der Waals surface area contributed by atoms with Crippen molar-refractivity contribution in [3.05, 3.63) is 0 Å². The summed E-state index contributed by atoms with van der Waals surface area (Å²) in [6.45, 7) is 6.61. The Morgan fingerprint density at radius 1 is 1.06 bits per heavy atom. The van der Waals surface area contributed by atoms with E-state index in [1.54, 1.807) is 0 Å². The maximum atomic E-state index is 5.83. The summed E-state index contributed by atoms with van der Waals surface area (Å²) < 4.78 is 11.6. The highest BCUT2D eigenvalue weighted by Crippen LogP contribution is 2.32. The highest BCUT2D eigenvalue weighted by atomic mass is 16.5. The number of rotatable bonds is 5. The molecule has 2 fully saturated rings. The van der Waals surface area contributed by atoms with Crippen LogP contribution >= 0.6 is 0 Å². The fourth-order valence-corrected chi connectivity index (χ4v) is 3.24. The standard InChI is InChI=1S/C14H26O2/c1-3-12(14-7-5-9-16-14)10-11(2)13-6-4-8-15-13/h11-14H,3-10H2,1-2H3. The molecule has 0 aliphatic carbocycles. The van der Waals surface area contributed by atoms with Gasteiger partial charge in [-0.1, -0.05) is 20.3 Å². The van der Waals surface area contributed by atoms with E-state index in [0.717, 1.165) is 19.1 Å². The van der Waals surface area contributed by atoms with Crippen molar-refractivity contribution in [1.82, 2.24) is 0 Å². The zero-order valence-electron chi connectivity index (χ0n) is 10.8. The molecule has 0 radical (unpaired) electrons. The molecule has 0 N–H and O–H groups in total. The molecular weight excluding hydrogens is 200 g/mol. The van der Waals surface area contributed by atoms with Gasteiger partial charge in [0.25, 0.3) is 0 Å². The highest BCUT2D eigenvalue weighted by molar-refractivity contribution is 4.79. The monoisotopic (exact) mass is 226 g/mol. The molecule has 0 bridgehead atoms. The van der Waals surface area contributed by atoms with Crippen LogP contribution in [0, 0.1) is 11.8 Å². The van der Waals surface area contributed by atoms with Gasteiger partial charge in [-0.3, -0.25) is 0 Å². The molecule has 2 saturated heterocycles. The first-order valence-corrected chi connectivity index (χ1v) is 7.04. The lowest BCUT2D eigenvalue weighted by atomic mass is 9.85. The van der Waals surface area contributed by atoms with E-state index in [1.807, 2.05) is 0 Å². The first-order valence-electron chi connectivity index (χ1n) is 7.04. The molecule has 0 spiro atoms. The topological polar surface area (TPSA) is 18.5 Å². The van der Waals surface area contributed by atoms with E-state index < -0.39 is 0 Å². The van der Waals surface area contributed by atoms with Crippen molar-refractivity contribution in [1.29, 1.82) is 0 Å². The third kappa shape index (κ3) is 2.98. The molecular formula is C14H26O2. The Morgan fingerprint density at radius 2 is 1.69 bits per heavy atom. The summed E-state index contributed by atoms with van der Waals surface area (Å²) in [5.74, 6) is 1.46. The molecule has 0 aromatic rings. The molecule has 0 amide bonds. The maximum absolute atomic E-state index is 5.83. The molecule has 2 heterocycles. The van der Waals surface area contributed by atoms with Crippen LogP contribution in [0.2, 0.25) is 0 Å². The smallest absolute Gasteiger partial charge is 0.0604 e. The molecule has 4 unspecified atom stereocenters. The van der Waals surface area contributed by atoms with Crippen molar-refractivity contribution < 1.29 is 9.47 Å². The van der Waals surface area contributed by atoms with E-state index in [1.165, 1.54) is 38.5 Å². The quantitative estimate of drug-likeness (QED) is 0.715. The SMILES string of the molecule is CCC(CC(C)C1CCCO1)C1CCCO1. The van der Waals surface area contributed by atoms with E-state index in [2.05, 4.69) is 13.8 Å². The molecule has 4 atom stereocenters. The second-order valence-electron chi connectivity index (χ2n) is 5.48. The van der Waals surface area contributed by atoms with Crippen LogP contribution in [0.5, 0.6) is 0 Å². The Kier molecular flexibility index (Phi) is 4.66. The fourth-order valence-electron chi connectivity index (χ4n) is 3.24. The van der Waals surface area contributed by atoms with Crippen molar-refractivity contribution in [2.24, 2.45) is 11.8 Å². The van der Waals surface area contributed by atoms with Gasteiger partial charge in [-0.15, -0.1) is 0 Å². The first kappa shape index (κ1) is 12.4. The molecule has 0 aromatic carbocycles. The van der Waals surface area contributed by atoms with Crippen molar-refractivity contribution in [3.63, 3.8) is 0 Å². The van der Waals surface area contributed by atoms with Gasteiger partial charge in [-0.2, -0.15) is 0 Å². The minimum Gasteiger partial charge on any atom is -0.378 e. The van der Waals surface area contributed by atoms with Gasteiger partial charge in [-0.05, 0) is 43.9 Å². The number of ether oxygens (including phenoxy) is 2. The summed E-state index contributed by atoms with van der Waals surface area (Å²) in [4.78, 5) is 0. The lowest BCUT2D eigenvalue weighted by Gasteiger charge is -2.27. The van der Waals surface area contributed by atoms with Crippen LogP contribution < -0.4 is 0 Å². The Balaban J connectivity index is 1.80. The van der Waals surface area contributed by atoms with Crippen LogP contribution in [0.3, 0.4) is 0 Å². The summed E-state index contributed by atoms with van der Waals surface area (Å²) in [6, 6.07) is 0. The van der Waals surface area contributed by atoms with Crippen molar-refractivity contribution >= 4 is 0 Å². The highest BCUT2D eigenvalue weighted by Gasteiger charge is 2.29. The van der Waals surface area contributed by atoms with Crippen LogP contribution in [0.15, 0.2) is 0 Å². The summed E-state index contributed by atoms with van der Waals surface area (Å²) in [5, 5.41) is 0. The largest absolute Gasteiger partial charge is 0.378 e. The summed E-state index contributed by atoms with van der Waals surface area (Å²) in [6.07, 6.45) is 8.65. The molecule has 2 aliphatic rings. The average molecular weight is 226 g/mol. The van der Waals surface area contributed by atoms with Gasteiger partial charge in [0.1, 0.15) is 0 Å². The van der Waals surface area contributed by atoms with Gasteiger partial charge in [0, 0.05) is 13.2 Å². The van der Waals surface area contributed by atoms with Gasteiger partial charge < -0.3 is 9.47 Å². The Morgan fingerprint density at radius 3 is 2.19 bits per heavy atom. The first-order chi connectivity index (χ1) is 7.81. The fraction of sp³-hybridized carbons (Fsp3) is 1.00. The minimum absolute atomic E-state index is 0.524. The van der Waals surface area contributed by atoms with Gasteiger partial charge in [0.05, 0.1) is 12.2 Å². The van der Waals surface area contributed by atoms with Crippen LogP contribution in [0.4, 0.5) is 0 Å². The number of hydrogen-bond donors (Lipinski definition) is 0. The molecule has 2 aliphatic heterocycles. The molecule has 2 rings (SSSR count). The maximum Gasteiger partial charge on any atom is 0.0604 e. The number of hydrogen-bond acceptors (Lipinski definition) is 2. The minimum atomic E-state index is 0.524. The zero-order valence-corrected chi connectivity index (χ0v) is 10.8. The second-order valence-corrected chi connectivity index (χ2v) is 5.48. The molecule has 0 aromatic heterocycles. The second kappa shape index (κ2) is 6.02. The van der Waals surface area contributed by atoms with Gasteiger partial charge >= 0.3 is 0 Å². The van der Waals surface area contributed by atoms with Crippen molar-refractivity contribution in [2.75, 3.05) is 13.2 Å². The Bertz CT molecular complexity index is 193. The summed E-state index contributed by atoms with van der Waals surface area (Å²) in [7, 11) is 0. The van der Waals surface area contributed by atoms with Crippen LogP contribution in [0.1, 0.15) is 52.4 Å². The van der Waals surface area contributed by atoms with Gasteiger partial charge in [0.2, 0.25) is 0 Å². The summed E-state index contributed by atoms with van der Waals surface area (Å²) in [5.41, 5.74) is 0. The average Bonchev–Trinajstić information content (AvgIpc) is 2.96. The van der Waals surface area contributed by atoms with Gasteiger partial charge in [-0.25, -0.2) is 0 Å². The predicted molar refractivity (Wildman–Crippen MR) is 65.5 cm³/mol. The zero-order chi connectivity index (χ0) is 11.4. The van der Waals surface area contributed by atoms with Gasteiger partial charge in [0.15, 0.2) is 0 Å². The lowest BCUT2D eigenvalue weighted by Crippen LogP contribution is -2.26. The van der Waals surface area contributed by atoms with Crippen LogP contribution in [0.25, 0.3) is 0 Å².